The molecule has 2 fully saturated rings. The summed E-state index contributed by atoms with van der Waals surface area (Å²) in [4.78, 5) is 43.8. The molecule has 2 atom stereocenters. The summed E-state index contributed by atoms with van der Waals surface area (Å²) >= 11 is 1.31. The Kier molecular flexibility index (Phi) is 5.91. The first-order chi connectivity index (χ1) is 16.5. The molecule has 2 aromatic carbocycles. The van der Waals surface area contributed by atoms with Crippen molar-refractivity contribution in [2.24, 2.45) is 5.92 Å². The van der Waals surface area contributed by atoms with Crippen molar-refractivity contribution in [3.8, 4) is 22.4 Å². The average molecular weight is 475 g/mol. The molecule has 2 aliphatic rings. The molecule has 7 nitrogen and oxygen atoms in total. The second-order valence-electron chi connectivity index (χ2n) is 8.97. The van der Waals surface area contributed by atoms with Gasteiger partial charge in [0.2, 0.25) is 5.91 Å². The van der Waals surface area contributed by atoms with Crippen LogP contribution < -0.4 is 10.6 Å². The molecule has 1 saturated heterocycles. The summed E-state index contributed by atoms with van der Waals surface area (Å²) in [7, 11) is 0. The number of carbonyl (C=O) groups excluding carboxylic acids is 3. The van der Waals surface area contributed by atoms with Crippen molar-refractivity contribution in [2.75, 3.05) is 11.9 Å². The summed E-state index contributed by atoms with van der Waals surface area (Å²) in [5, 5.41) is 7.91. The SMILES string of the molecule is CC1CCCCC12NC(=O)N(CC(=O)Nc1nc(-c3ccc(-c4ccccc4)cc3)cs1)C2=O. The van der Waals surface area contributed by atoms with Crippen molar-refractivity contribution in [1.82, 2.24) is 15.2 Å². The van der Waals surface area contributed by atoms with Gasteiger partial charge in [-0.25, -0.2) is 9.78 Å². The highest BCUT2D eigenvalue weighted by atomic mass is 32.1. The summed E-state index contributed by atoms with van der Waals surface area (Å²) in [6.07, 6.45) is 3.45. The number of rotatable bonds is 5. The molecule has 1 aliphatic heterocycles. The molecular formula is C26H26N4O3S. The first kappa shape index (κ1) is 22.3. The minimum atomic E-state index is -0.865. The van der Waals surface area contributed by atoms with Crippen molar-refractivity contribution in [2.45, 2.75) is 38.1 Å². The van der Waals surface area contributed by atoms with E-state index in [-0.39, 0.29) is 18.4 Å². The van der Waals surface area contributed by atoms with Gasteiger partial charge >= 0.3 is 6.03 Å². The van der Waals surface area contributed by atoms with Gasteiger partial charge in [0.25, 0.3) is 5.91 Å². The summed E-state index contributed by atoms with van der Waals surface area (Å²) in [6, 6.07) is 17.7. The number of thiazole rings is 1. The highest BCUT2D eigenvalue weighted by molar-refractivity contribution is 7.14. The largest absolute Gasteiger partial charge is 0.325 e. The average Bonchev–Trinajstić information content (AvgIpc) is 3.40. The Morgan fingerprint density at radius 3 is 2.53 bits per heavy atom. The van der Waals surface area contributed by atoms with Gasteiger partial charge in [-0.2, -0.15) is 0 Å². The lowest BCUT2D eigenvalue weighted by Gasteiger charge is -2.36. The van der Waals surface area contributed by atoms with Crippen LogP contribution in [0.5, 0.6) is 0 Å². The molecule has 0 bridgehead atoms. The number of anilines is 1. The lowest BCUT2D eigenvalue weighted by atomic mass is 9.73. The lowest BCUT2D eigenvalue weighted by molar-refractivity contribution is -0.136. The summed E-state index contributed by atoms with van der Waals surface area (Å²) in [5.74, 6) is -0.678. The van der Waals surface area contributed by atoms with Gasteiger partial charge in [-0.15, -0.1) is 11.3 Å². The molecule has 3 aromatic rings. The maximum Gasteiger partial charge on any atom is 0.325 e. The number of aromatic nitrogens is 1. The van der Waals surface area contributed by atoms with Crippen LogP contribution in [-0.4, -0.2) is 39.8 Å². The second kappa shape index (κ2) is 9.02. The number of imide groups is 1. The van der Waals surface area contributed by atoms with E-state index in [9.17, 15) is 14.4 Å². The van der Waals surface area contributed by atoms with Gasteiger partial charge in [0.15, 0.2) is 5.13 Å². The molecule has 8 heteroatoms. The Hall–Kier alpha value is -3.52. The molecule has 2 N–H and O–H groups in total. The van der Waals surface area contributed by atoms with E-state index in [1.807, 2.05) is 54.8 Å². The highest BCUT2D eigenvalue weighted by Crippen LogP contribution is 2.38. The molecule has 174 valence electrons. The minimum Gasteiger partial charge on any atom is -0.323 e. The third-order valence-corrected chi connectivity index (χ3v) is 7.60. The quantitative estimate of drug-likeness (QED) is 0.514. The van der Waals surface area contributed by atoms with Crippen molar-refractivity contribution in [3.63, 3.8) is 0 Å². The zero-order valence-corrected chi connectivity index (χ0v) is 19.7. The molecule has 1 saturated carbocycles. The van der Waals surface area contributed by atoms with Crippen molar-refractivity contribution in [3.05, 3.63) is 60.0 Å². The maximum atomic E-state index is 13.1. The van der Waals surface area contributed by atoms with Gasteiger partial charge in [0, 0.05) is 10.9 Å². The Balaban J connectivity index is 1.23. The highest BCUT2D eigenvalue weighted by Gasteiger charge is 2.55. The van der Waals surface area contributed by atoms with Gasteiger partial charge in [0.05, 0.1) is 5.69 Å². The Morgan fingerprint density at radius 1 is 1.09 bits per heavy atom. The molecule has 4 amide bonds. The van der Waals surface area contributed by atoms with Crippen LogP contribution >= 0.6 is 11.3 Å². The number of hydrogen-bond acceptors (Lipinski definition) is 5. The van der Waals surface area contributed by atoms with E-state index in [2.05, 4.69) is 27.8 Å². The van der Waals surface area contributed by atoms with Gasteiger partial charge in [-0.05, 0) is 29.9 Å². The second-order valence-corrected chi connectivity index (χ2v) is 9.83. The molecule has 0 radical (unpaired) electrons. The molecule has 2 unspecified atom stereocenters. The topological polar surface area (TPSA) is 91.4 Å². The van der Waals surface area contributed by atoms with E-state index >= 15 is 0 Å². The standard InChI is InChI=1S/C26H26N4O3S/c1-17-7-5-6-14-26(17)23(32)30(25(33)29-26)15-22(31)28-24-27-21(16-34-24)20-12-10-19(11-13-20)18-8-3-2-4-9-18/h2-4,8-13,16-17H,5-7,14-15H2,1H3,(H,29,33)(H,27,28,31). The minimum absolute atomic E-state index is 0.0561. The Labute approximate surface area is 202 Å². The van der Waals surface area contributed by atoms with Crippen LogP contribution in [0.1, 0.15) is 32.6 Å². The van der Waals surface area contributed by atoms with Gasteiger partial charge in [-0.3, -0.25) is 14.5 Å². The zero-order valence-electron chi connectivity index (χ0n) is 18.9. The summed E-state index contributed by atoms with van der Waals surface area (Å²) in [5.41, 5.74) is 3.09. The van der Waals surface area contributed by atoms with Gasteiger partial charge in [0.1, 0.15) is 12.1 Å². The van der Waals surface area contributed by atoms with Crippen LogP contribution in [0.25, 0.3) is 22.4 Å². The van der Waals surface area contributed by atoms with E-state index < -0.39 is 17.5 Å². The third kappa shape index (κ3) is 4.09. The molecule has 34 heavy (non-hydrogen) atoms. The number of hydrogen-bond donors (Lipinski definition) is 2. The first-order valence-electron chi connectivity index (χ1n) is 11.5. The van der Waals surface area contributed by atoms with E-state index in [1.54, 1.807) is 0 Å². The fourth-order valence-electron chi connectivity index (χ4n) is 4.87. The monoisotopic (exact) mass is 474 g/mol. The molecule has 5 rings (SSSR count). The first-order valence-corrected chi connectivity index (χ1v) is 12.4. The van der Waals surface area contributed by atoms with E-state index in [4.69, 9.17) is 0 Å². The van der Waals surface area contributed by atoms with E-state index in [0.717, 1.165) is 46.5 Å². The molecule has 2 heterocycles. The third-order valence-electron chi connectivity index (χ3n) is 6.84. The van der Waals surface area contributed by atoms with E-state index in [1.165, 1.54) is 11.3 Å². The number of nitrogens with zero attached hydrogens (tertiary/aromatic N) is 2. The van der Waals surface area contributed by atoms with Gasteiger partial charge in [-0.1, -0.05) is 74.4 Å². The normalized spacial score (nSPS) is 22.1. The smallest absolute Gasteiger partial charge is 0.323 e. The Bertz CT molecular complexity index is 1220. The fraction of sp³-hybridized carbons (Fsp3) is 0.308. The Morgan fingerprint density at radius 2 is 1.79 bits per heavy atom. The number of carbonyl (C=O) groups is 3. The maximum absolute atomic E-state index is 13.1. The zero-order chi connectivity index (χ0) is 23.7. The fourth-order valence-corrected chi connectivity index (χ4v) is 5.61. The predicted octanol–water partition coefficient (Wildman–Crippen LogP) is 4.92. The number of amides is 4. The molecule has 1 aliphatic carbocycles. The van der Waals surface area contributed by atoms with Crippen LogP contribution in [0.3, 0.4) is 0 Å². The van der Waals surface area contributed by atoms with Crippen LogP contribution in [0.4, 0.5) is 9.93 Å². The molecule has 1 spiro atoms. The van der Waals surface area contributed by atoms with Gasteiger partial charge < -0.3 is 10.6 Å². The number of benzene rings is 2. The van der Waals surface area contributed by atoms with Crippen LogP contribution in [-0.2, 0) is 9.59 Å². The van der Waals surface area contributed by atoms with Crippen LogP contribution in [0.15, 0.2) is 60.0 Å². The lowest BCUT2D eigenvalue weighted by Crippen LogP contribution is -2.54. The summed E-state index contributed by atoms with van der Waals surface area (Å²) in [6.45, 7) is 1.67. The van der Waals surface area contributed by atoms with Crippen LogP contribution in [0.2, 0.25) is 0 Å². The van der Waals surface area contributed by atoms with Crippen molar-refractivity contribution in [1.29, 1.82) is 0 Å². The van der Waals surface area contributed by atoms with Crippen molar-refractivity contribution >= 4 is 34.3 Å². The van der Waals surface area contributed by atoms with Crippen LogP contribution in [0, 0.1) is 5.92 Å². The number of urea groups is 1. The molecular weight excluding hydrogens is 448 g/mol. The molecule has 1 aromatic heterocycles. The van der Waals surface area contributed by atoms with Crippen molar-refractivity contribution < 1.29 is 14.4 Å². The number of nitrogens with one attached hydrogen (secondary N) is 2. The predicted molar refractivity (Wildman–Crippen MR) is 132 cm³/mol. The van der Waals surface area contributed by atoms with E-state index in [0.29, 0.717) is 11.6 Å². The summed E-state index contributed by atoms with van der Waals surface area (Å²) < 4.78 is 0.